The smallest absolute Gasteiger partial charge is 0.314 e. The SMILES string of the molecule is O=C(Nc1cc(-c2nnc3n2CCCCC3)ccc1F)N1CCCC1c1nn[nH]n1. The van der Waals surface area contributed by atoms with Crippen molar-refractivity contribution in [3.63, 3.8) is 0 Å². The van der Waals surface area contributed by atoms with Crippen molar-refractivity contribution < 1.29 is 9.18 Å². The summed E-state index contributed by atoms with van der Waals surface area (Å²) in [5, 5.41) is 25.3. The quantitative estimate of drug-likeness (QED) is 0.684. The van der Waals surface area contributed by atoms with E-state index in [2.05, 4.69) is 40.7 Å². The molecular formula is C19H22FN9O. The number of hydrogen-bond donors (Lipinski definition) is 2. The van der Waals surface area contributed by atoms with E-state index in [-0.39, 0.29) is 11.7 Å². The van der Waals surface area contributed by atoms with Gasteiger partial charge in [-0.15, -0.1) is 20.4 Å². The number of urea groups is 1. The summed E-state index contributed by atoms with van der Waals surface area (Å²) in [7, 11) is 0. The van der Waals surface area contributed by atoms with Gasteiger partial charge in [-0.3, -0.25) is 0 Å². The number of tetrazole rings is 1. The number of halogens is 1. The lowest BCUT2D eigenvalue weighted by atomic mass is 10.1. The number of fused-ring (bicyclic) bond motifs is 1. The van der Waals surface area contributed by atoms with Gasteiger partial charge in [-0.25, -0.2) is 9.18 Å². The average molecular weight is 411 g/mol. The van der Waals surface area contributed by atoms with Crippen LogP contribution in [0.5, 0.6) is 0 Å². The molecule has 156 valence electrons. The molecule has 4 heterocycles. The first-order valence-corrected chi connectivity index (χ1v) is 10.2. The van der Waals surface area contributed by atoms with Crippen molar-refractivity contribution in [2.24, 2.45) is 0 Å². The van der Waals surface area contributed by atoms with Crippen LogP contribution in [0.25, 0.3) is 11.4 Å². The largest absolute Gasteiger partial charge is 0.322 e. The monoisotopic (exact) mass is 411 g/mol. The Hall–Kier alpha value is -3.37. The van der Waals surface area contributed by atoms with Crippen LogP contribution in [0.15, 0.2) is 18.2 Å². The molecule has 1 fully saturated rings. The van der Waals surface area contributed by atoms with Crippen molar-refractivity contribution in [2.45, 2.75) is 51.1 Å². The second-order valence-corrected chi connectivity index (χ2v) is 7.65. The Labute approximate surface area is 171 Å². The molecule has 2 N–H and O–H groups in total. The number of amides is 2. The number of rotatable bonds is 3. The van der Waals surface area contributed by atoms with Crippen LogP contribution in [0.4, 0.5) is 14.9 Å². The van der Waals surface area contributed by atoms with Crippen LogP contribution in [0.3, 0.4) is 0 Å². The van der Waals surface area contributed by atoms with Crippen LogP contribution < -0.4 is 5.32 Å². The molecule has 0 saturated carbocycles. The first-order valence-electron chi connectivity index (χ1n) is 10.2. The molecule has 1 unspecified atom stereocenters. The number of aromatic nitrogens is 7. The predicted molar refractivity (Wildman–Crippen MR) is 105 cm³/mol. The highest BCUT2D eigenvalue weighted by molar-refractivity contribution is 5.90. The van der Waals surface area contributed by atoms with Gasteiger partial charge < -0.3 is 14.8 Å². The molecule has 1 atom stereocenters. The Bertz CT molecular complexity index is 1050. The highest BCUT2D eigenvalue weighted by Crippen LogP contribution is 2.31. The van der Waals surface area contributed by atoms with Crippen LogP contribution in [0.2, 0.25) is 0 Å². The highest BCUT2D eigenvalue weighted by Gasteiger charge is 2.33. The van der Waals surface area contributed by atoms with Gasteiger partial charge in [-0.2, -0.15) is 5.21 Å². The number of aromatic amines is 1. The van der Waals surface area contributed by atoms with Crippen molar-refractivity contribution in [3.05, 3.63) is 35.7 Å². The molecule has 2 aliphatic heterocycles. The summed E-state index contributed by atoms with van der Waals surface area (Å²) in [6.45, 7) is 1.39. The number of aryl methyl sites for hydroxylation is 1. The molecule has 3 aromatic rings. The van der Waals surface area contributed by atoms with E-state index in [9.17, 15) is 9.18 Å². The van der Waals surface area contributed by atoms with Gasteiger partial charge in [-0.05, 0) is 43.9 Å². The molecule has 0 radical (unpaired) electrons. The van der Waals surface area contributed by atoms with Crippen molar-refractivity contribution >= 4 is 11.7 Å². The van der Waals surface area contributed by atoms with Crippen molar-refractivity contribution in [1.29, 1.82) is 0 Å². The first kappa shape index (κ1) is 18.6. The Morgan fingerprint density at radius 2 is 2.07 bits per heavy atom. The van der Waals surface area contributed by atoms with E-state index in [1.807, 2.05) is 0 Å². The molecule has 2 aromatic heterocycles. The minimum atomic E-state index is -0.502. The lowest BCUT2D eigenvalue weighted by Gasteiger charge is -2.22. The number of nitrogens with zero attached hydrogens (tertiary/aromatic N) is 7. The summed E-state index contributed by atoms with van der Waals surface area (Å²) in [4.78, 5) is 14.5. The average Bonchev–Trinajstić information content (AvgIpc) is 3.48. The molecule has 30 heavy (non-hydrogen) atoms. The number of H-pyrrole nitrogens is 1. The van der Waals surface area contributed by atoms with Crippen molar-refractivity contribution in [2.75, 3.05) is 11.9 Å². The zero-order chi connectivity index (χ0) is 20.5. The summed E-state index contributed by atoms with van der Waals surface area (Å²) >= 11 is 0. The number of likely N-dealkylation sites (tertiary alicyclic amines) is 1. The maximum absolute atomic E-state index is 14.5. The fourth-order valence-electron chi connectivity index (χ4n) is 4.23. The van der Waals surface area contributed by atoms with Gasteiger partial charge >= 0.3 is 6.03 Å². The van der Waals surface area contributed by atoms with E-state index < -0.39 is 11.8 Å². The molecule has 11 heteroatoms. The topological polar surface area (TPSA) is 118 Å². The van der Waals surface area contributed by atoms with Crippen molar-refractivity contribution in [1.82, 2.24) is 40.3 Å². The molecule has 1 aromatic carbocycles. The first-order chi connectivity index (χ1) is 14.7. The second-order valence-electron chi connectivity index (χ2n) is 7.65. The van der Waals surface area contributed by atoms with Crippen LogP contribution in [-0.4, -0.2) is 52.9 Å². The predicted octanol–water partition coefficient (Wildman–Crippen LogP) is 2.69. The van der Waals surface area contributed by atoms with Gasteiger partial charge in [0.05, 0.1) is 11.7 Å². The Morgan fingerprint density at radius 1 is 1.13 bits per heavy atom. The molecule has 2 aliphatic rings. The number of carbonyl (C=O) groups is 1. The molecule has 0 spiro atoms. The zero-order valence-corrected chi connectivity index (χ0v) is 16.4. The van der Waals surface area contributed by atoms with E-state index >= 15 is 0 Å². The lowest BCUT2D eigenvalue weighted by molar-refractivity contribution is 0.205. The van der Waals surface area contributed by atoms with Gasteiger partial charge in [0.1, 0.15) is 11.6 Å². The Balaban J connectivity index is 1.39. The van der Waals surface area contributed by atoms with E-state index in [0.29, 0.717) is 18.2 Å². The molecule has 5 rings (SSSR count). The number of anilines is 1. The second kappa shape index (κ2) is 7.81. The zero-order valence-electron chi connectivity index (χ0n) is 16.4. The van der Waals surface area contributed by atoms with Gasteiger partial charge in [0.25, 0.3) is 0 Å². The lowest BCUT2D eigenvalue weighted by Crippen LogP contribution is -2.35. The number of carbonyl (C=O) groups excluding carboxylic acids is 1. The van der Waals surface area contributed by atoms with Crippen LogP contribution >= 0.6 is 0 Å². The minimum Gasteiger partial charge on any atom is -0.314 e. The summed E-state index contributed by atoms with van der Waals surface area (Å²) in [6, 6.07) is 3.98. The van der Waals surface area contributed by atoms with E-state index in [4.69, 9.17) is 0 Å². The molecular weight excluding hydrogens is 389 g/mol. The third kappa shape index (κ3) is 3.40. The Morgan fingerprint density at radius 3 is 2.93 bits per heavy atom. The summed E-state index contributed by atoms with van der Waals surface area (Å²) in [5.74, 6) is 1.62. The molecule has 10 nitrogen and oxygen atoms in total. The summed E-state index contributed by atoms with van der Waals surface area (Å²) < 4.78 is 16.6. The highest BCUT2D eigenvalue weighted by atomic mass is 19.1. The third-order valence-electron chi connectivity index (χ3n) is 5.75. The maximum Gasteiger partial charge on any atom is 0.322 e. The van der Waals surface area contributed by atoms with Crippen molar-refractivity contribution in [3.8, 4) is 11.4 Å². The minimum absolute atomic E-state index is 0.113. The van der Waals surface area contributed by atoms with Gasteiger partial charge in [0.15, 0.2) is 11.6 Å². The van der Waals surface area contributed by atoms with Gasteiger partial charge in [0, 0.05) is 25.1 Å². The van der Waals surface area contributed by atoms with E-state index in [0.717, 1.165) is 56.5 Å². The summed E-state index contributed by atoms with van der Waals surface area (Å²) in [6.07, 6.45) is 5.77. The van der Waals surface area contributed by atoms with E-state index in [1.54, 1.807) is 17.0 Å². The number of benzene rings is 1. The Kier molecular flexibility index (Phi) is 4.85. The fourth-order valence-corrected chi connectivity index (χ4v) is 4.23. The third-order valence-corrected chi connectivity index (χ3v) is 5.75. The van der Waals surface area contributed by atoms with Crippen LogP contribution in [-0.2, 0) is 13.0 Å². The molecule has 2 amide bonds. The standard InChI is InChI=1S/C19H22FN9O/c20-13-8-7-12(18-25-22-16-6-2-1-3-9-29(16)18)11-14(13)21-19(30)28-10-4-5-15(28)17-23-26-27-24-17/h7-8,11,15H,1-6,9-10H2,(H,21,30)(H,23,24,26,27). The van der Waals surface area contributed by atoms with Crippen LogP contribution in [0, 0.1) is 5.82 Å². The van der Waals surface area contributed by atoms with Gasteiger partial charge in [0.2, 0.25) is 0 Å². The molecule has 0 bridgehead atoms. The maximum atomic E-state index is 14.5. The van der Waals surface area contributed by atoms with E-state index in [1.165, 1.54) is 6.07 Å². The summed E-state index contributed by atoms with van der Waals surface area (Å²) in [5.41, 5.74) is 0.839. The normalized spacial score (nSPS) is 18.8. The molecule has 0 aliphatic carbocycles. The molecule has 1 saturated heterocycles. The van der Waals surface area contributed by atoms with Crippen LogP contribution in [0.1, 0.15) is 49.8 Å². The number of hydrogen-bond acceptors (Lipinski definition) is 6. The fraction of sp³-hybridized carbons (Fsp3) is 0.474. The number of nitrogens with one attached hydrogen (secondary N) is 2. The van der Waals surface area contributed by atoms with Gasteiger partial charge in [-0.1, -0.05) is 11.6 Å².